The van der Waals surface area contributed by atoms with E-state index in [-0.39, 0.29) is 32.3 Å². The second kappa shape index (κ2) is 10.2. The van der Waals surface area contributed by atoms with Gasteiger partial charge in [0, 0.05) is 18.0 Å². The van der Waals surface area contributed by atoms with Crippen molar-refractivity contribution in [1.29, 1.82) is 0 Å². The SMILES string of the molecule is CN=S(=O)(c1cccc(C2CC2)c1F)c1nnc2ccccc2c1C(=O)NCC(F)(F)c1ccc(C)cc1Cl. The van der Waals surface area contributed by atoms with Crippen molar-refractivity contribution in [3.63, 3.8) is 0 Å². The van der Waals surface area contributed by atoms with Gasteiger partial charge in [0.25, 0.3) is 11.8 Å². The first-order valence-electron chi connectivity index (χ1n) is 12.2. The van der Waals surface area contributed by atoms with Crippen molar-refractivity contribution in [3.8, 4) is 0 Å². The average Bonchev–Trinajstić information content (AvgIpc) is 3.76. The Balaban J connectivity index is 1.60. The number of hydrogen-bond acceptors (Lipinski definition) is 5. The van der Waals surface area contributed by atoms with E-state index in [0.717, 1.165) is 12.8 Å². The zero-order valence-electron chi connectivity index (χ0n) is 21.1. The van der Waals surface area contributed by atoms with Gasteiger partial charge in [-0.2, -0.15) is 8.78 Å². The minimum Gasteiger partial charge on any atom is -0.345 e. The number of nitrogens with zero attached hydrogens (tertiary/aromatic N) is 3. The number of hydrogen-bond donors (Lipinski definition) is 1. The van der Waals surface area contributed by atoms with Crippen LogP contribution in [0.2, 0.25) is 5.02 Å². The molecule has 1 heterocycles. The number of fused-ring (bicyclic) bond motifs is 1. The van der Waals surface area contributed by atoms with Crippen LogP contribution in [-0.4, -0.2) is 33.9 Å². The van der Waals surface area contributed by atoms with Gasteiger partial charge in [0.1, 0.15) is 15.5 Å². The second-order valence-corrected chi connectivity index (χ2v) is 12.1. The van der Waals surface area contributed by atoms with Crippen LogP contribution >= 0.6 is 11.6 Å². The lowest BCUT2D eigenvalue weighted by molar-refractivity contribution is -0.00239. The molecule has 39 heavy (non-hydrogen) atoms. The van der Waals surface area contributed by atoms with Gasteiger partial charge in [-0.1, -0.05) is 54.1 Å². The molecule has 1 N–H and O–H groups in total. The topological polar surface area (TPSA) is 84.3 Å². The molecule has 1 amide bonds. The van der Waals surface area contributed by atoms with Crippen LogP contribution in [0.15, 0.2) is 74.9 Å². The fourth-order valence-corrected chi connectivity index (χ4v) is 6.69. The van der Waals surface area contributed by atoms with Gasteiger partial charge in [-0.25, -0.2) is 13.0 Å². The van der Waals surface area contributed by atoms with Crippen molar-refractivity contribution in [2.45, 2.75) is 41.5 Å². The lowest BCUT2D eigenvalue weighted by Crippen LogP contribution is -2.36. The maximum atomic E-state index is 15.6. The number of aromatic nitrogens is 2. The molecular formula is C28H24ClF3N4O2S. The number of amides is 1. The first-order chi connectivity index (χ1) is 18.6. The number of halogens is 4. The Morgan fingerprint density at radius 2 is 1.87 bits per heavy atom. The van der Waals surface area contributed by atoms with E-state index in [0.29, 0.717) is 11.1 Å². The van der Waals surface area contributed by atoms with Crippen molar-refractivity contribution in [1.82, 2.24) is 15.5 Å². The van der Waals surface area contributed by atoms with Gasteiger partial charge in [-0.3, -0.25) is 4.79 Å². The predicted molar refractivity (Wildman–Crippen MR) is 143 cm³/mol. The summed E-state index contributed by atoms with van der Waals surface area (Å²) in [5.74, 6) is -5.16. The Hall–Kier alpha value is -3.50. The van der Waals surface area contributed by atoms with Crippen LogP contribution in [-0.2, 0) is 15.7 Å². The summed E-state index contributed by atoms with van der Waals surface area (Å²) >= 11 is 6.05. The van der Waals surface area contributed by atoms with Gasteiger partial charge in [0.15, 0.2) is 5.03 Å². The van der Waals surface area contributed by atoms with E-state index >= 15 is 13.2 Å². The van der Waals surface area contributed by atoms with Crippen LogP contribution in [0.4, 0.5) is 13.2 Å². The van der Waals surface area contributed by atoms with Crippen LogP contribution in [0, 0.1) is 12.7 Å². The van der Waals surface area contributed by atoms with Gasteiger partial charge < -0.3 is 5.32 Å². The summed E-state index contributed by atoms with van der Waals surface area (Å²) in [5.41, 5.74) is 0.680. The molecule has 0 aliphatic heterocycles. The maximum Gasteiger partial charge on any atom is 0.291 e. The molecule has 1 saturated carbocycles. The van der Waals surface area contributed by atoms with Gasteiger partial charge in [0.2, 0.25) is 0 Å². The molecule has 1 unspecified atom stereocenters. The first-order valence-corrected chi connectivity index (χ1v) is 14.1. The van der Waals surface area contributed by atoms with Gasteiger partial charge in [-0.05, 0) is 55.0 Å². The molecule has 1 aromatic heterocycles. The van der Waals surface area contributed by atoms with Gasteiger partial charge >= 0.3 is 0 Å². The minimum absolute atomic E-state index is 0.0201. The number of carbonyl (C=O) groups is 1. The van der Waals surface area contributed by atoms with Crippen LogP contribution in [0.1, 0.15) is 45.8 Å². The second-order valence-electron chi connectivity index (χ2n) is 9.41. The number of nitrogens with one attached hydrogen (secondary N) is 1. The Bertz CT molecular complexity index is 1730. The third kappa shape index (κ3) is 4.98. The average molecular weight is 573 g/mol. The normalized spacial score (nSPS) is 15.1. The highest BCUT2D eigenvalue weighted by molar-refractivity contribution is 7.93. The Morgan fingerprint density at radius 1 is 1.13 bits per heavy atom. The third-order valence-electron chi connectivity index (χ3n) is 6.68. The molecule has 1 atom stereocenters. The molecule has 6 nitrogen and oxygen atoms in total. The number of benzene rings is 3. The lowest BCUT2D eigenvalue weighted by Gasteiger charge is -2.20. The Kier molecular flexibility index (Phi) is 7.11. The summed E-state index contributed by atoms with van der Waals surface area (Å²) in [7, 11) is -2.59. The molecule has 4 aromatic rings. The molecule has 0 radical (unpaired) electrons. The number of alkyl halides is 2. The van der Waals surface area contributed by atoms with Crippen molar-refractivity contribution in [2.75, 3.05) is 13.6 Å². The zero-order chi connectivity index (χ0) is 27.9. The van der Waals surface area contributed by atoms with E-state index in [1.807, 2.05) is 0 Å². The van der Waals surface area contributed by atoms with Gasteiger partial charge in [0.05, 0.1) is 27.5 Å². The maximum absolute atomic E-state index is 15.6. The van der Waals surface area contributed by atoms with E-state index in [9.17, 15) is 9.00 Å². The van der Waals surface area contributed by atoms with Gasteiger partial charge in [-0.15, -0.1) is 10.2 Å². The largest absolute Gasteiger partial charge is 0.345 e. The summed E-state index contributed by atoms with van der Waals surface area (Å²) in [6.45, 7) is 0.624. The standard InChI is InChI=1S/C28H24ClF3N4O2S/c1-16-10-13-20(21(29)14-16)28(31,32)15-34-26(37)24-19-6-3-4-8-22(19)35-36-27(24)39(38,33-2)23-9-5-7-18(25(23)30)17-11-12-17/h3-10,13-14,17H,11-12,15H2,1-2H3,(H,34,37). The molecule has 1 fully saturated rings. The quantitative estimate of drug-likeness (QED) is 0.269. The lowest BCUT2D eigenvalue weighted by atomic mass is 10.1. The summed E-state index contributed by atoms with van der Waals surface area (Å²) in [5, 5.41) is 10.1. The Labute approximate surface area is 228 Å². The Morgan fingerprint density at radius 3 is 2.56 bits per heavy atom. The fourth-order valence-electron chi connectivity index (χ4n) is 4.48. The molecule has 1 aliphatic rings. The third-order valence-corrected chi connectivity index (χ3v) is 9.23. The van der Waals surface area contributed by atoms with E-state index < -0.39 is 44.5 Å². The van der Waals surface area contributed by atoms with E-state index in [1.165, 1.54) is 37.4 Å². The van der Waals surface area contributed by atoms with Crippen molar-refractivity contribution in [2.24, 2.45) is 4.36 Å². The smallest absolute Gasteiger partial charge is 0.291 e. The van der Waals surface area contributed by atoms with Crippen molar-refractivity contribution in [3.05, 3.63) is 93.8 Å². The minimum atomic E-state index is -3.82. The van der Waals surface area contributed by atoms with Crippen molar-refractivity contribution >= 4 is 38.1 Å². The molecule has 3 aromatic carbocycles. The van der Waals surface area contributed by atoms with Crippen LogP contribution < -0.4 is 5.32 Å². The molecule has 0 bridgehead atoms. The van der Waals surface area contributed by atoms with Crippen LogP contribution in [0.5, 0.6) is 0 Å². The predicted octanol–water partition coefficient (Wildman–Crippen LogP) is 6.65. The molecule has 0 spiro atoms. The summed E-state index contributed by atoms with van der Waals surface area (Å²) in [4.78, 5) is 13.3. The van der Waals surface area contributed by atoms with Crippen molar-refractivity contribution < 1.29 is 22.2 Å². The molecule has 202 valence electrons. The van der Waals surface area contributed by atoms with E-state index in [4.69, 9.17) is 11.6 Å². The monoisotopic (exact) mass is 572 g/mol. The number of aryl methyl sites for hydroxylation is 1. The highest BCUT2D eigenvalue weighted by atomic mass is 35.5. The van der Waals surface area contributed by atoms with E-state index in [1.54, 1.807) is 37.3 Å². The van der Waals surface area contributed by atoms with Crippen LogP contribution in [0.3, 0.4) is 0 Å². The molecule has 1 aliphatic carbocycles. The molecular weight excluding hydrogens is 549 g/mol. The summed E-state index contributed by atoms with van der Waals surface area (Å²) < 4.78 is 64.3. The number of rotatable bonds is 7. The summed E-state index contributed by atoms with van der Waals surface area (Å²) in [6, 6.07) is 15.0. The summed E-state index contributed by atoms with van der Waals surface area (Å²) in [6.07, 6.45) is 1.63. The molecule has 0 saturated heterocycles. The highest BCUT2D eigenvalue weighted by Crippen LogP contribution is 2.43. The van der Waals surface area contributed by atoms with Crippen LogP contribution in [0.25, 0.3) is 10.9 Å². The highest BCUT2D eigenvalue weighted by Gasteiger charge is 2.37. The molecule has 5 rings (SSSR count). The molecule has 11 heteroatoms. The van der Waals surface area contributed by atoms with E-state index in [2.05, 4.69) is 19.9 Å². The number of carbonyl (C=O) groups excluding carboxylic acids is 1. The first kappa shape index (κ1) is 27.1. The fraction of sp³-hybridized carbons (Fsp3) is 0.250. The zero-order valence-corrected chi connectivity index (χ0v) is 22.6.